The van der Waals surface area contributed by atoms with Crippen molar-refractivity contribution < 1.29 is 13.5 Å². The second-order valence-electron chi connectivity index (χ2n) is 4.52. The third kappa shape index (κ3) is 4.49. The average molecular weight is 235 g/mol. The van der Waals surface area contributed by atoms with Crippen molar-refractivity contribution in [1.29, 1.82) is 0 Å². The van der Waals surface area contributed by atoms with Gasteiger partial charge in [0.05, 0.1) is 17.1 Å². The highest BCUT2D eigenvalue weighted by Gasteiger charge is 2.29. The summed E-state index contributed by atoms with van der Waals surface area (Å²) in [4.78, 5) is 0. The average Bonchev–Trinajstić information content (AvgIpc) is 2.94. The van der Waals surface area contributed by atoms with Crippen LogP contribution in [0, 0.1) is 5.92 Å². The van der Waals surface area contributed by atoms with Crippen molar-refractivity contribution in [3.63, 3.8) is 0 Å². The van der Waals surface area contributed by atoms with Gasteiger partial charge >= 0.3 is 0 Å². The Hall–Kier alpha value is -0.130. The highest BCUT2D eigenvalue weighted by atomic mass is 32.2. The molecule has 1 saturated carbocycles. The zero-order chi connectivity index (χ0) is 11.5. The van der Waals surface area contributed by atoms with E-state index in [1.165, 1.54) is 0 Å². The molecule has 0 aromatic heterocycles. The van der Waals surface area contributed by atoms with Crippen LogP contribution in [0.4, 0.5) is 0 Å². The first-order valence-electron chi connectivity index (χ1n) is 5.54. The molecule has 1 atom stereocenters. The quantitative estimate of drug-likeness (QED) is 0.617. The van der Waals surface area contributed by atoms with E-state index < -0.39 is 9.84 Å². The van der Waals surface area contributed by atoms with E-state index in [0.29, 0.717) is 19.0 Å². The van der Waals surface area contributed by atoms with Gasteiger partial charge in [-0.1, -0.05) is 0 Å². The fourth-order valence-corrected chi connectivity index (χ4v) is 2.25. The van der Waals surface area contributed by atoms with Crippen LogP contribution in [-0.4, -0.2) is 43.7 Å². The van der Waals surface area contributed by atoms with Crippen molar-refractivity contribution in [2.75, 3.05) is 18.8 Å². The van der Waals surface area contributed by atoms with E-state index in [-0.39, 0.29) is 17.1 Å². The van der Waals surface area contributed by atoms with Crippen LogP contribution < -0.4 is 5.32 Å². The van der Waals surface area contributed by atoms with Crippen molar-refractivity contribution >= 4 is 9.84 Å². The number of nitrogens with one attached hydrogen (secondary N) is 1. The second kappa shape index (κ2) is 5.27. The molecule has 15 heavy (non-hydrogen) atoms. The van der Waals surface area contributed by atoms with Gasteiger partial charge in [-0.25, -0.2) is 8.42 Å². The highest BCUT2D eigenvalue weighted by Crippen LogP contribution is 2.32. The van der Waals surface area contributed by atoms with Gasteiger partial charge < -0.3 is 10.4 Å². The van der Waals surface area contributed by atoms with E-state index in [1.807, 2.05) is 0 Å². The van der Waals surface area contributed by atoms with Crippen molar-refractivity contribution in [2.45, 2.75) is 38.0 Å². The molecule has 1 fully saturated rings. The Kier molecular flexibility index (Phi) is 4.55. The zero-order valence-corrected chi connectivity index (χ0v) is 10.3. The fourth-order valence-electron chi connectivity index (χ4n) is 1.35. The third-order valence-corrected chi connectivity index (χ3v) is 5.01. The Morgan fingerprint density at radius 1 is 1.40 bits per heavy atom. The number of aliphatic hydroxyl groups excluding tert-OH is 1. The summed E-state index contributed by atoms with van der Waals surface area (Å²) >= 11 is 0. The molecule has 0 heterocycles. The first-order chi connectivity index (χ1) is 6.93. The molecule has 1 rings (SSSR count). The van der Waals surface area contributed by atoms with E-state index in [4.69, 9.17) is 0 Å². The van der Waals surface area contributed by atoms with Crippen LogP contribution in [0.5, 0.6) is 0 Å². The van der Waals surface area contributed by atoms with Crippen LogP contribution >= 0.6 is 0 Å². The van der Waals surface area contributed by atoms with Gasteiger partial charge in [0.2, 0.25) is 0 Å². The lowest BCUT2D eigenvalue weighted by atomic mass is 10.2. The van der Waals surface area contributed by atoms with Crippen LogP contribution in [0.25, 0.3) is 0 Å². The maximum atomic E-state index is 11.4. The molecule has 0 saturated heterocycles. The normalized spacial score (nSPS) is 19.5. The van der Waals surface area contributed by atoms with Gasteiger partial charge in [-0.15, -0.1) is 0 Å². The standard InChI is InChI=1S/C10H21NO3S/c1-8(2)15(13,14)6-5-11-7-10(12)9-3-4-9/h8-12H,3-7H2,1-2H3. The maximum Gasteiger partial charge on any atom is 0.153 e. The molecular weight excluding hydrogens is 214 g/mol. The molecule has 0 aliphatic heterocycles. The summed E-state index contributed by atoms with van der Waals surface area (Å²) in [5.41, 5.74) is 0. The molecule has 90 valence electrons. The van der Waals surface area contributed by atoms with Gasteiger partial charge in [-0.2, -0.15) is 0 Å². The first-order valence-corrected chi connectivity index (χ1v) is 7.25. The number of aliphatic hydroxyl groups is 1. The summed E-state index contributed by atoms with van der Waals surface area (Å²) in [6.45, 7) is 4.32. The number of hydrogen-bond acceptors (Lipinski definition) is 4. The van der Waals surface area contributed by atoms with Gasteiger partial charge in [0.25, 0.3) is 0 Å². The lowest BCUT2D eigenvalue weighted by Gasteiger charge is -2.11. The summed E-state index contributed by atoms with van der Waals surface area (Å²) < 4.78 is 22.8. The lowest BCUT2D eigenvalue weighted by molar-refractivity contribution is 0.149. The van der Waals surface area contributed by atoms with Crippen molar-refractivity contribution in [2.24, 2.45) is 5.92 Å². The SMILES string of the molecule is CC(C)S(=O)(=O)CCNCC(O)C1CC1. The van der Waals surface area contributed by atoms with Crippen molar-refractivity contribution in [3.8, 4) is 0 Å². The topological polar surface area (TPSA) is 66.4 Å². The van der Waals surface area contributed by atoms with E-state index >= 15 is 0 Å². The first kappa shape index (κ1) is 12.9. The maximum absolute atomic E-state index is 11.4. The van der Waals surface area contributed by atoms with Crippen LogP contribution in [0.2, 0.25) is 0 Å². The molecule has 0 spiro atoms. The summed E-state index contributed by atoms with van der Waals surface area (Å²) in [6, 6.07) is 0. The Labute approximate surface area is 92.0 Å². The molecule has 0 aromatic carbocycles. The zero-order valence-electron chi connectivity index (χ0n) is 9.44. The predicted octanol–water partition coefficient (Wildman–Crippen LogP) is 0.170. The summed E-state index contributed by atoms with van der Waals surface area (Å²) in [6.07, 6.45) is 1.91. The Morgan fingerprint density at radius 2 is 2.00 bits per heavy atom. The van der Waals surface area contributed by atoms with Crippen LogP contribution in [-0.2, 0) is 9.84 Å². The number of sulfone groups is 1. The summed E-state index contributed by atoms with van der Waals surface area (Å²) in [5.74, 6) is 0.599. The molecule has 1 unspecified atom stereocenters. The summed E-state index contributed by atoms with van der Waals surface area (Å²) in [5, 5.41) is 12.2. The largest absolute Gasteiger partial charge is 0.392 e. The number of rotatable bonds is 7. The minimum Gasteiger partial charge on any atom is -0.392 e. The second-order valence-corrected chi connectivity index (χ2v) is 7.20. The lowest BCUT2D eigenvalue weighted by Crippen LogP contribution is -2.33. The molecule has 0 amide bonds. The molecular formula is C10H21NO3S. The predicted molar refractivity (Wildman–Crippen MR) is 60.5 cm³/mol. The monoisotopic (exact) mass is 235 g/mol. The molecule has 1 aliphatic carbocycles. The smallest absolute Gasteiger partial charge is 0.153 e. The van der Waals surface area contributed by atoms with Gasteiger partial charge in [0.1, 0.15) is 0 Å². The Morgan fingerprint density at radius 3 is 2.47 bits per heavy atom. The van der Waals surface area contributed by atoms with Gasteiger partial charge in [0.15, 0.2) is 9.84 Å². The molecule has 5 heteroatoms. The fraction of sp³-hybridized carbons (Fsp3) is 1.00. The van der Waals surface area contributed by atoms with Crippen molar-refractivity contribution in [1.82, 2.24) is 5.32 Å². The third-order valence-electron chi connectivity index (χ3n) is 2.80. The van der Waals surface area contributed by atoms with E-state index in [9.17, 15) is 13.5 Å². The van der Waals surface area contributed by atoms with E-state index in [1.54, 1.807) is 13.8 Å². The molecule has 1 aliphatic rings. The van der Waals surface area contributed by atoms with E-state index in [2.05, 4.69) is 5.32 Å². The molecule has 2 N–H and O–H groups in total. The van der Waals surface area contributed by atoms with Gasteiger partial charge in [-0.05, 0) is 32.6 Å². The molecule has 0 bridgehead atoms. The van der Waals surface area contributed by atoms with Gasteiger partial charge in [-0.3, -0.25) is 0 Å². The van der Waals surface area contributed by atoms with Gasteiger partial charge in [0, 0.05) is 13.1 Å². The molecule has 0 radical (unpaired) electrons. The van der Waals surface area contributed by atoms with Crippen molar-refractivity contribution in [3.05, 3.63) is 0 Å². The minimum absolute atomic E-state index is 0.155. The highest BCUT2D eigenvalue weighted by molar-refractivity contribution is 7.92. The minimum atomic E-state index is -2.94. The van der Waals surface area contributed by atoms with Crippen LogP contribution in [0.15, 0.2) is 0 Å². The number of hydrogen-bond donors (Lipinski definition) is 2. The molecule has 4 nitrogen and oxygen atoms in total. The van der Waals surface area contributed by atoms with Crippen LogP contribution in [0.1, 0.15) is 26.7 Å². The summed E-state index contributed by atoms with van der Waals surface area (Å²) in [7, 11) is -2.94. The Balaban J connectivity index is 2.10. The molecule has 0 aromatic rings. The Bertz CT molecular complexity index is 283. The van der Waals surface area contributed by atoms with E-state index in [0.717, 1.165) is 12.8 Å². The van der Waals surface area contributed by atoms with Crippen LogP contribution in [0.3, 0.4) is 0 Å².